The van der Waals surface area contributed by atoms with Gasteiger partial charge in [-0.15, -0.1) is 0 Å². The van der Waals surface area contributed by atoms with Crippen molar-refractivity contribution in [3.8, 4) is 0 Å². The van der Waals surface area contributed by atoms with E-state index in [4.69, 9.17) is 18.0 Å². The molecule has 1 aromatic rings. The van der Waals surface area contributed by atoms with Crippen molar-refractivity contribution in [1.82, 2.24) is 5.43 Å². The van der Waals surface area contributed by atoms with Crippen LogP contribution in [0.3, 0.4) is 0 Å². The van der Waals surface area contributed by atoms with E-state index >= 15 is 0 Å². The van der Waals surface area contributed by atoms with Gasteiger partial charge >= 0.3 is 0 Å². The molecular formula is C25H44N5S+. The number of hydrogen-bond donors (Lipinski definition) is 2. The van der Waals surface area contributed by atoms with Crippen LogP contribution in [0.15, 0.2) is 29.4 Å². The van der Waals surface area contributed by atoms with Crippen LogP contribution in [-0.4, -0.2) is 55.6 Å². The van der Waals surface area contributed by atoms with Crippen LogP contribution < -0.4 is 16.1 Å². The molecule has 1 aliphatic heterocycles. The molecule has 1 heterocycles. The molecule has 1 saturated heterocycles. The van der Waals surface area contributed by atoms with Crippen LogP contribution in [0.1, 0.15) is 76.7 Å². The fourth-order valence-electron chi connectivity index (χ4n) is 4.35. The number of anilines is 1. The molecule has 0 aromatic heterocycles. The lowest BCUT2D eigenvalue weighted by atomic mass is 10.1. The Kier molecular flexibility index (Phi) is 11.9. The van der Waals surface area contributed by atoms with Crippen LogP contribution in [0.25, 0.3) is 0 Å². The van der Waals surface area contributed by atoms with Crippen molar-refractivity contribution in [3.63, 3.8) is 0 Å². The van der Waals surface area contributed by atoms with E-state index in [1.165, 1.54) is 94.0 Å². The van der Waals surface area contributed by atoms with Crippen molar-refractivity contribution in [2.24, 2.45) is 10.8 Å². The molecule has 0 saturated carbocycles. The van der Waals surface area contributed by atoms with Gasteiger partial charge in [-0.3, -0.25) is 5.43 Å². The number of benzene rings is 1. The molecule has 0 atom stereocenters. The molecule has 1 aromatic carbocycles. The van der Waals surface area contributed by atoms with Gasteiger partial charge in [-0.05, 0) is 42.8 Å². The summed E-state index contributed by atoms with van der Waals surface area (Å²) in [6, 6.07) is 8.54. The second-order valence-corrected chi connectivity index (χ2v) is 9.72. The minimum Gasteiger partial charge on any atom is -0.375 e. The van der Waals surface area contributed by atoms with Gasteiger partial charge in [0.1, 0.15) is 0 Å². The zero-order chi connectivity index (χ0) is 22.4. The Bertz CT molecular complexity index is 650. The summed E-state index contributed by atoms with van der Waals surface area (Å²) in [5.41, 5.74) is 10.3. The van der Waals surface area contributed by atoms with Crippen LogP contribution >= 0.6 is 12.2 Å². The molecule has 0 bridgehead atoms. The highest BCUT2D eigenvalue weighted by Crippen LogP contribution is 2.20. The summed E-state index contributed by atoms with van der Waals surface area (Å²) < 4.78 is 1.23. The third kappa shape index (κ3) is 10.5. The average Bonchev–Trinajstić information content (AvgIpc) is 2.76. The first kappa shape index (κ1) is 25.6. The van der Waals surface area contributed by atoms with Gasteiger partial charge in [0, 0.05) is 5.69 Å². The molecular weight excluding hydrogens is 402 g/mol. The van der Waals surface area contributed by atoms with E-state index in [-0.39, 0.29) is 5.11 Å². The number of likely N-dealkylation sites (N-methyl/N-ethyl adjacent to an activating group) is 1. The Hall–Kier alpha value is -1.66. The Morgan fingerprint density at radius 3 is 2.10 bits per heavy atom. The van der Waals surface area contributed by atoms with E-state index in [0.717, 1.165) is 18.7 Å². The van der Waals surface area contributed by atoms with Gasteiger partial charge in [0.15, 0.2) is 5.11 Å². The molecule has 174 valence electrons. The third-order valence-corrected chi connectivity index (χ3v) is 6.61. The monoisotopic (exact) mass is 446 g/mol. The lowest BCUT2D eigenvalue weighted by Crippen LogP contribution is -2.57. The zero-order valence-corrected chi connectivity index (χ0v) is 20.6. The van der Waals surface area contributed by atoms with Gasteiger partial charge in [-0.1, -0.05) is 70.4 Å². The minimum absolute atomic E-state index is 0.181. The number of nitrogens with zero attached hydrogens (tertiary/aromatic N) is 3. The minimum atomic E-state index is 0.181. The summed E-state index contributed by atoms with van der Waals surface area (Å²) in [7, 11) is 2.44. The van der Waals surface area contributed by atoms with Crippen molar-refractivity contribution in [2.45, 2.75) is 71.1 Å². The second kappa shape index (κ2) is 14.4. The summed E-state index contributed by atoms with van der Waals surface area (Å²) in [6.07, 6.45) is 15.9. The fourth-order valence-corrected chi connectivity index (χ4v) is 4.40. The molecule has 31 heavy (non-hydrogen) atoms. The smallest absolute Gasteiger partial charge is 0.184 e. The second-order valence-electron chi connectivity index (χ2n) is 9.29. The quantitative estimate of drug-likeness (QED) is 0.138. The third-order valence-electron chi connectivity index (χ3n) is 6.52. The van der Waals surface area contributed by atoms with Crippen LogP contribution in [0.2, 0.25) is 0 Å². The first-order valence-corrected chi connectivity index (χ1v) is 12.7. The number of piperazine rings is 1. The molecule has 0 unspecified atom stereocenters. The Labute approximate surface area is 195 Å². The first-order valence-electron chi connectivity index (χ1n) is 12.3. The maximum absolute atomic E-state index is 5.37. The predicted octanol–water partition coefficient (Wildman–Crippen LogP) is 5.04. The first-order chi connectivity index (χ1) is 15.0. The SMILES string of the molecule is CCCCCCCCCCCC[N+]1(C)CCN(c2ccc(/C=N/NC(N)=S)cc2)CC1. The molecule has 2 rings (SSSR count). The molecule has 0 spiro atoms. The Morgan fingerprint density at radius 1 is 1.00 bits per heavy atom. The van der Waals surface area contributed by atoms with Crippen molar-refractivity contribution >= 4 is 29.2 Å². The number of rotatable bonds is 14. The maximum Gasteiger partial charge on any atom is 0.184 e. The van der Waals surface area contributed by atoms with E-state index in [2.05, 4.69) is 53.7 Å². The Morgan fingerprint density at radius 2 is 1.55 bits per heavy atom. The molecule has 0 radical (unpaired) electrons. The molecule has 1 fully saturated rings. The number of nitrogens with two attached hydrogens (primary N) is 1. The van der Waals surface area contributed by atoms with Gasteiger partial charge < -0.3 is 15.1 Å². The van der Waals surface area contributed by atoms with Gasteiger partial charge in [0.2, 0.25) is 0 Å². The highest BCUT2D eigenvalue weighted by atomic mass is 32.1. The number of hydrazone groups is 1. The maximum atomic E-state index is 5.37. The van der Waals surface area contributed by atoms with Gasteiger partial charge in [-0.25, -0.2) is 0 Å². The van der Waals surface area contributed by atoms with Crippen LogP contribution in [0, 0.1) is 0 Å². The van der Waals surface area contributed by atoms with E-state index in [9.17, 15) is 0 Å². The topological polar surface area (TPSA) is 53.6 Å². The summed E-state index contributed by atoms with van der Waals surface area (Å²) in [5, 5.41) is 4.19. The van der Waals surface area contributed by atoms with Gasteiger partial charge in [0.05, 0.1) is 46.0 Å². The number of thiocarbonyl (C=S) groups is 1. The van der Waals surface area contributed by atoms with Crippen molar-refractivity contribution in [2.75, 3.05) is 44.7 Å². The van der Waals surface area contributed by atoms with Gasteiger partial charge in [0.25, 0.3) is 0 Å². The molecule has 5 nitrogen and oxygen atoms in total. The summed E-state index contributed by atoms with van der Waals surface area (Å²) >= 11 is 4.75. The van der Waals surface area contributed by atoms with E-state index in [1.54, 1.807) is 6.21 Å². The number of unbranched alkanes of at least 4 members (excludes halogenated alkanes) is 9. The molecule has 1 aliphatic rings. The average molecular weight is 447 g/mol. The molecule has 0 aliphatic carbocycles. The predicted molar refractivity (Wildman–Crippen MR) is 139 cm³/mol. The standard InChI is InChI=1S/C25H43N5S/c1-3-4-5-6-7-8-9-10-11-12-19-30(2)20-17-29(18-21-30)24-15-13-23(14-16-24)22-27-28-25(26)31/h13-16,22H,3-12,17-21H2,1-2H3,(H2-,26,28,31)/p+1/b27-22+. The number of nitrogens with one attached hydrogen (secondary N) is 1. The highest BCUT2D eigenvalue weighted by Gasteiger charge is 2.28. The van der Waals surface area contributed by atoms with Crippen molar-refractivity contribution in [3.05, 3.63) is 29.8 Å². The highest BCUT2D eigenvalue weighted by molar-refractivity contribution is 7.80. The normalized spacial score (nSPS) is 16.0. The van der Waals surface area contributed by atoms with Crippen molar-refractivity contribution in [1.29, 1.82) is 0 Å². The molecule has 3 N–H and O–H groups in total. The molecule has 0 amide bonds. The van der Waals surface area contributed by atoms with Crippen molar-refractivity contribution < 1.29 is 4.48 Å². The number of quaternary nitrogens is 1. The molecule has 6 heteroatoms. The number of hydrogen-bond acceptors (Lipinski definition) is 3. The van der Waals surface area contributed by atoms with E-state index < -0.39 is 0 Å². The summed E-state index contributed by atoms with van der Waals surface area (Å²) in [4.78, 5) is 2.51. The fraction of sp³-hybridized carbons (Fsp3) is 0.680. The van der Waals surface area contributed by atoms with Crippen LogP contribution in [0.4, 0.5) is 5.69 Å². The summed E-state index contributed by atoms with van der Waals surface area (Å²) in [5.74, 6) is 0. The lowest BCUT2D eigenvalue weighted by molar-refractivity contribution is -0.910. The Balaban J connectivity index is 1.60. The van der Waals surface area contributed by atoms with Crippen LogP contribution in [-0.2, 0) is 0 Å². The van der Waals surface area contributed by atoms with E-state index in [0.29, 0.717) is 0 Å². The lowest BCUT2D eigenvalue weighted by Gasteiger charge is -2.43. The zero-order valence-electron chi connectivity index (χ0n) is 19.8. The van der Waals surface area contributed by atoms with Crippen LogP contribution in [0.5, 0.6) is 0 Å². The van der Waals surface area contributed by atoms with E-state index in [1.807, 2.05) is 0 Å². The largest absolute Gasteiger partial charge is 0.375 e. The van der Waals surface area contributed by atoms with Gasteiger partial charge in [-0.2, -0.15) is 5.10 Å². The summed E-state index contributed by atoms with van der Waals surface area (Å²) in [6.45, 7) is 8.35.